The summed E-state index contributed by atoms with van der Waals surface area (Å²) in [5.41, 5.74) is 1.07. The van der Waals surface area contributed by atoms with Gasteiger partial charge in [-0.3, -0.25) is 0 Å². The van der Waals surface area contributed by atoms with E-state index in [1.807, 2.05) is 0 Å². The average molecular weight is 301 g/mol. The highest BCUT2D eigenvalue weighted by Gasteiger charge is 2.15. The molecular weight excluding hydrogens is 290 g/mol. The van der Waals surface area contributed by atoms with E-state index in [-0.39, 0.29) is 0 Å². The van der Waals surface area contributed by atoms with E-state index < -0.39 is 11.2 Å². The summed E-state index contributed by atoms with van der Waals surface area (Å²) < 4.78 is 18.7. The van der Waals surface area contributed by atoms with E-state index in [1.54, 1.807) is 18.2 Å². The van der Waals surface area contributed by atoms with Crippen LogP contribution < -0.4 is 4.74 Å². The molecule has 100 valence electrons. The van der Waals surface area contributed by atoms with Crippen LogP contribution in [-0.2, 0) is 6.42 Å². The second kappa shape index (κ2) is 6.17. The van der Waals surface area contributed by atoms with Crippen LogP contribution in [0, 0.1) is 5.82 Å². The Labute approximate surface area is 120 Å². The molecule has 19 heavy (non-hydrogen) atoms. The first kappa shape index (κ1) is 14.0. The number of ether oxygens (including phenoxy) is 1. The molecule has 2 rings (SSSR count). The molecule has 6 heteroatoms. The number of nitrogens with zero attached hydrogens (tertiary/aromatic N) is 2. The van der Waals surface area contributed by atoms with Crippen molar-refractivity contribution in [2.24, 2.45) is 0 Å². The summed E-state index contributed by atoms with van der Waals surface area (Å²) in [6.45, 7) is 0. The summed E-state index contributed by atoms with van der Waals surface area (Å²) in [5, 5.41) is -0.189. The minimum absolute atomic E-state index is 0.342. The minimum Gasteiger partial charge on any atom is -0.481 e. The standard InChI is InChI=1S/C13H11Cl2FN2O/c1-19-13-6-9(17-7-18-13)5-11(15)10-3-2-8(14)4-12(10)16/h2-4,6-7,11H,5H2,1H3. The normalized spacial score (nSPS) is 12.2. The Morgan fingerprint density at radius 2 is 2.11 bits per heavy atom. The van der Waals surface area contributed by atoms with Gasteiger partial charge < -0.3 is 4.74 Å². The van der Waals surface area contributed by atoms with Crippen molar-refractivity contribution in [2.75, 3.05) is 7.11 Å². The SMILES string of the molecule is COc1cc(CC(Cl)c2ccc(Cl)cc2F)ncn1. The summed E-state index contributed by atoms with van der Waals surface area (Å²) in [4.78, 5) is 7.98. The van der Waals surface area contributed by atoms with E-state index in [2.05, 4.69) is 9.97 Å². The van der Waals surface area contributed by atoms with Crippen molar-refractivity contribution in [1.29, 1.82) is 0 Å². The van der Waals surface area contributed by atoms with Crippen molar-refractivity contribution in [3.05, 3.63) is 52.7 Å². The lowest BCUT2D eigenvalue weighted by Gasteiger charge is -2.11. The average Bonchev–Trinajstić information content (AvgIpc) is 2.38. The van der Waals surface area contributed by atoms with Crippen LogP contribution in [0.5, 0.6) is 5.88 Å². The van der Waals surface area contributed by atoms with Crippen molar-refractivity contribution in [1.82, 2.24) is 9.97 Å². The number of hydrogen-bond donors (Lipinski definition) is 0. The Bertz CT molecular complexity index is 580. The zero-order valence-corrected chi connectivity index (χ0v) is 11.6. The quantitative estimate of drug-likeness (QED) is 0.806. The van der Waals surface area contributed by atoms with Gasteiger partial charge in [0.25, 0.3) is 0 Å². The summed E-state index contributed by atoms with van der Waals surface area (Å²) >= 11 is 11.9. The Balaban J connectivity index is 2.17. The molecule has 0 saturated heterocycles. The largest absolute Gasteiger partial charge is 0.481 e. The third-order valence-electron chi connectivity index (χ3n) is 2.60. The first-order chi connectivity index (χ1) is 9.10. The molecule has 0 fully saturated rings. The van der Waals surface area contributed by atoms with Gasteiger partial charge in [0.1, 0.15) is 12.1 Å². The molecule has 0 aliphatic carbocycles. The van der Waals surface area contributed by atoms with Crippen LogP contribution in [0.2, 0.25) is 5.02 Å². The molecule has 0 bridgehead atoms. The Hall–Kier alpha value is -1.39. The second-order valence-electron chi connectivity index (χ2n) is 3.89. The summed E-state index contributed by atoms with van der Waals surface area (Å²) in [6.07, 6.45) is 1.76. The van der Waals surface area contributed by atoms with E-state index in [4.69, 9.17) is 27.9 Å². The molecule has 0 radical (unpaired) electrons. The molecule has 1 unspecified atom stereocenters. The van der Waals surface area contributed by atoms with Crippen molar-refractivity contribution in [3.63, 3.8) is 0 Å². The van der Waals surface area contributed by atoms with Crippen molar-refractivity contribution in [2.45, 2.75) is 11.8 Å². The molecule has 3 nitrogen and oxygen atoms in total. The van der Waals surface area contributed by atoms with Crippen LogP contribution >= 0.6 is 23.2 Å². The van der Waals surface area contributed by atoms with Gasteiger partial charge in [0.05, 0.1) is 12.5 Å². The zero-order chi connectivity index (χ0) is 13.8. The minimum atomic E-state index is -0.531. The first-order valence-electron chi connectivity index (χ1n) is 5.54. The predicted octanol–water partition coefficient (Wildman–Crippen LogP) is 3.80. The third kappa shape index (κ3) is 3.55. The van der Waals surface area contributed by atoms with Crippen LogP contribution in [0.4, 0.5) is 4.39 Å². The van der Waals surface area contributed by atoms with Gasteiger partial charge >= 0.3 is 0 Å². The van der Waals surface area contributed by atoms with Crippen molar-refractivity contribution in [3.8, 4) is 5.88 Å². The Morgan fingerprint density at radius 1 is 1.32 bits per heavy atom. The Kier molecular flexibility index (Phi) is 4.56. The van der Waals surface area contributed by atoms with E-state index in [9.17, 15) is 4.39 Å². The molecule has 0 amide bonds. The molecule has 0 aliphatic heterocycles. The number of hydrogen-bond acceptors (Lipinski definition) is 3. The van der Waals surface area contributed by atoms with Crippen molar-refractivity contribution >= 4 is 23.2 Å². The summed E-state index contributed by atoms with van der Waals surface area (Å²) in [6, 6.07) is 6.10. The topological polar surface area (TPSA) is 35.0 Å². The van der Waals surface area contributed by atoms with Gasteiger partial charge in [0, 0.05) is 28.8 Å². The van der Waals surface area contributed by atoms with Crippen LogP contribution in [0.1, 0.15) is 16.6 Å². The lowest BCUT2D eigenvalue weighted by Crippen LogP contribution is -2.02. The highest BCUT2D eigenvalue weighted by molar-refractivity contribution is 6.30. The third-order valence-corrected chi connectivity index (χ3v) is 3.22. The molecular formula is C13H11Cl2FN2O. The number of aromatic nitrogens is 2. The smallest absolute Gasteiger partial charge is 0.216 e. The number of rotatable bonds is 4. The summed E-state index contributed by atoms with van der Waals surface area (Å²) in [7, 11) is 1.52. The van der Waals surface area contributed by atoms with Gasteiger partial charge in [-0.1, -0.05) is 17.7 Å². The maximum Gasteiger partial charge on any atom is 0.216 e. The van der Waals surface area contributed by atoms with Crippen molar-refractivity contribution < 1.29 is 9.13 Å². The van der Waals surface area contributed by atoms with Gasteiger partial charge in [-0.05, 0) is 12.1 Å². The molecule has 0 saturated carbocycles. The monoisotopic (exact) mass is 300 g/mol. The van der Waals surface area contributed by atoms with Crippen LogP contribution in [0.25, 0.3) is 0 Å². The molecule has 1 aromatic carbocycles. The molecule has 1 aromatic heterocycles. The predicted molar refractivity (Wildman–Crippen MR) is 72.3 cm³/mol. The fourth-order valence-corrected chi connectivity index (χ4v) is 2.14. The fourth-order valence-electron chi connectivity index (χ4n) is 1.65. The maximum absolute atomic E-state index is 13.7. The van der Waals surface area contributed by atoms with Crippen LogP contribution in [0.3, 0.4) is 0 Å². The number of halogens is 3. The molecule has 0 spiro atoms. The van der Waals surface area contributed by atoms with Crippen LogP contribution in [-0.4, -0.2) is 17.1 Å². The molecule has 0 aliphatic rings. The second-order valence-corrected chi connectivity index (χ2v) is 4.85. The van der Waals surface area contributed by atoms with Gasteiger partial charge in [-0.2, -0.15) is 0 Å². The molecule has 1 heterocycles. The van der Waals surface area contributed by atoms with Crippen LogP contribution in [0.15, 0.2) is 30.6 Å². The van der Waals surface area contributed by atoms with Gasteiger partial charge in [0.2, 0.25) is 5.88 Å². The summed E-state index contributed by atoms with van der Waals surface area (Å²) in [5.74, 6) is 0.0268. The van der Waals surface area contributed by atoms with E-state index >= 15 is 0 Å². The molecule has 1 atom stereocenters. The van der Waals surface area contributed by atoms with E-state index in [1.165, 1.54) is 19.5 Å². The number of alkyl halides is 1. The van der Waals surface area contributed by atoms with Gasteiger partial charge in [-0.25, -0.2) is 14.4 Å². The Morgan fingerprint density at radius 3 is 2.79 bits per heavy atom. The lowest BCUT2D eigenvalue weighted by atomic mass is 10.1. The maximum atomic E-state index is 13.7. The first-order valence-corrected chi connectivity index (χ1v) is 6.35. The van der Waals surface area contributed by atoms with E-state index in [0.717, 1.165) is 0 Å². The lowest BCUT2D eigenvalue weighted by molar-refractivity contribution is 0.396. The molecule has 0 N–H and O–H groups in total. The van der Waals surface area contributed by atoms with Gasteiger partial charge in [0.15, 0.2) is 0 Å². The highest BCUT2D eigenvalue weighted by Crippen LogP contribution is 2.28. The fraction of sp³-hybridized carbons (Fsp3) is 0.231. The zero-order valence-electron chi connectivity index (χ0n) is 10.1. The highest BCUT2D eigenvalue weighted by atomic mass is 35.5. The van der Waals surface area contributed by atoms with E-state index in [0.29, 0.717) is 28.6 Å². The number of methoxy groups -OCH3 is 1. The molecule has 2 aromatic rings. The van der Waals surface area contributed by atoms with Gasteiger partial charge in [-0.15, -0.1) is 11.6 Å². The number of benzene rings is 1.